The number of hydrogen-bond acceptors (Lipinski definition) is 5. The van der Waals surface area contributed by atoms with Crippen molar-refractivity contribution in [3.63, 3.8) is 0 Å². The number of carbonyl (C=O) groups excluding carboxylic acids is 1. The fourth-order valence-corrected chi connectivity index (χ4v) is 3.20. The van der Waals surface area contributed by atoms with Gasteiger partial charge >= 0.3 is 0 Å². The Morgan fingerprint density at radius 3 is 2.54 bits per heavy atom. The zero-order valence-electron chi connectivity index (χ0n) is 14.2. The zero-order chi connectivity index (χ0) is 17.7. The van der Waals surface area contributed by atoms with Crippen LogP contribution < -0.4 is 19.1 Å². The maximum atomic E-state index is 12.1. The molecule has 0 aromatic heterocycles. The van der Waals surface area contributed by atoms with Crippen molar-refractivity contribution in [2.24, 2.45) is 5.92 Å². The number of nitrogens with zero attached hydrogens (tertiary/aromatic N) is 1. The number of carbonyl (C=O) groups is 1. The minimum absolute atomic E-state index is 0.0718. The van der Waals surface area contributed by atoms with E-state index < -0.39 is 10.0 Å². The average Bonchev–Trinajstić information content (AvgIpc) is 2.51. The van der Waals surface area contributed by atoms with Gasteiger partial charge in [0.1, 0.15) is 13.2 Å². The van der Waals surface area contributed by atoms with Gasteiger partial charge in [-0.25, -0.2) is 8.42 Å². The van der Waals surface area contributed by atoms with E-state index >= 15 is 0 Å². The molecule has 0 atom stereocenters. The molecule has 1 aromatic carbocycles. The third-order valence-electron chi connectivity index (χ3n) is 3.46. The van der Waals surface area contributed by atoms with Gasteiger partial charge in [-0.05, 0) is 18.1 Å². The van der Waals surface area contributed by atoms with E-state index in [1.165, 1.54) is 4.31 Å². The van der Waals surface area contributed by atoms with Crippen molar-refractivity contribution in [3.8, 4) is 11.5 Å². The van der Waals surface area contributed by atoms with Crippen LogP contribution in [0.2, 0.25) is 0 Å². The second-order valence-electron chi connectivity index (χ2n) is 6.11. The fourth-order valence-electron chi connectivity index (χ4n) is 2.28. The van der Waals surface area contributed by atoms with Crippen molar-refractivity contribution in [2.75, 3.05) is 36.9 Å². The number of amides is 1. The highest BCUT2D eigenvalue weighted by Gasteiger charge is 2.21. The molecule has 134 valence electrons. The lowest BCUT2D eigenvalue weighted by molar-refractivity contribution is -0.121. The molecule has 0 saturated heterocycles. The molecule has 1 aliphatic rings. The number of sulfonamides is 1. The molecule has 1 amide bonds. The Balaban J connectivity index is 2.10. The molecule has 0 fully saturated rings. The Hall–Kier alpha value is -1.96. The van der Waals surface area contributed by atoms with Crippen LogP contribution in [0.3, 0.4) is 0 Å². The monoisotopic (exact) mass is 356 g/mol. The normalized spacial score (nSPS) is 13.7. The Kier molecular flexibility index (Phi) is 5.93. The molecule has 1 heterocycles. The van der Waals surface area contributed by atoms with Crippen LogP contribution in [0.15, 0.2) is 18.2 Å². The van der Waals surface area contributed by atoms with Crippen LogP contribution in [0.1, 0.15) is 20.3 Å². The largest absolute Gasteiger partial charge is 0.486 e. The second-order valence-corrected chi connectivity index (χ2v) is 8.02. The molecule has 1 N–H and O–H groups in total. The molecule has 0 radical (unpaired) electrons. The topological polar surface area (TPSA) is 84.9 Å². The van der Waals surface area contributed by atoms with Crippen LogP contribution in [0.5, 0.6) is 11.5 Å². The van der Waals surface area contributed by atoms with E-state index in [9.17, 15) is 13.2 Å². The van der Waals surface area contributed by atoms with Crippen LogP contribution in [0.4, 0.5) is 5.69 Å². The quantitative estimate of drug-likeness (QED) is 0.798. The Labute approximate surface area is 143 Å². The predicted octanol–water partition coefficient (Wildman–Crippen LogP) is 1.39. The van der Waals surface area contributed by atoms with E-state index in [1.54, 1.807) is 18.2 Å². The summed E-state index contributed by atoms with van der Waals surface area (Å²) >= 11 is 0. The maximum Gasteiger partial charge on any atom is 0.232 e. The first kappa shape index (κ1) is 18.4. The van der Waals surface area contributed by atoms with E-state index in [0.29, 0.717) is 42.9 Å². The molecule has 1 aliphatic heterocycles. The first-order chi connectivity index (χ1) is 11.3. The highest BCUT2D eigenvalue weighted by atomic mass is 32.2. The van der Waals surface area contributed by atoms with Crippen LogP contribution in [-0.4, -0.2) is 46.9 Å². The zero-order valence-corrected chi connectivity index (χ0v) is 15.1. The van der Waals surface area contributed by atoms with Gasteiger partial charge in [0.05, 0.1) is 11.9 Å². The molecule has 2 rings (SSSR count). The van der Waals surface area contributed by atoms with Gasteiger partial charge in [0.15, 0.2) is 11.5 Å². The number of anilines is 1. The molecule has 0 spiro atoms. The van der Waals surface area contributed by atoms with Crippen molar-refractivity contribution in [1.82, 2.24) is 5.32 Å². The lowest BCUT2D eigenvalue weighted by Gasteiger charge is -2.25. The summed E-state index contributed by atoms with van der Waals surface area (Å²) in [6, 6.07) is 4.96. The van der Waals surface area contributed by atoms with Gasteiger partial charge in [-0.1, -0.05) is 13.8 Å². The van der Waals surface area contributed by atoms with Crippen LogP contribution in [-0.2, 0) is 14.8 Å². The van der Waals surface area contributed by atoms with Gasteiger partial charge in [0.25, 0.3) is 0 Å². The Bertz CT molecular complexity index is 688. The third-order valence-corrected chi connectivity index (χ3v) is 4.66. The van der Waals surface area contributed by atoms with E-state index in [0.717, 1.165) is 6.26 Å². The molecule has 1 aromatic rings. The molecule has 8 heteroatoms. The summed E-state index contributed by atoms with van der Waals surface area (Å²) < 4.78 is 36.3. The van der Waals surface area contributed by atoms with Gasteiger partial charge in [-0.3, -0.25) is 9.10 Å². The highest BCUT2D eigenvalue weighted by Crippen LogP contribution is 2.34. The molecule has 7 nitrogen and oxygen atoms in total. The molecule has 0 unspecified atom stereocenters. The van der Waals surface area contributed by atoms with Crippen LogP contribution in [0.25, 0.3) is 0 Å². The SMILES string of the molecule is CC(C)CNC(=O)CCN(c1ccc2c(c1)OCCO2)S(C)(=O)=O. The van der Waals surface area contributed by atoms with Gasteiger partial charge in [0, 0.05) is 25.6 Å². The van der Waals surface area contributed by atoms with Crippen LogP contribution >= 0.6 is 0 Å². The van der Waals surface area contributed by atoms with Crippen molar-refractivity contribution >= 4 is 21.6 Å². The average molecular weight is 356 g/mol. The third kappa shape index (κ3) is 5.02. The fraction of sp³-hybridized carbons (Fsp3) is 0.562. The molecule has 0 aliphatic carbocycles. The standard InChI is InChI=1S/C16H24N2O5S/c1-12(2)11-17-16(19)6-7-18(24(3,20)21)13-4-5-14-15(10-13)23-9-8-22-14/h4-5,10,12H,6-9,11H2,1-3H3,(H,17,19). The minimum Gasteiger partial charge on any atom is -0.486 e. The van der Waals surface area contributed by atoms with Gasteiger partial charge < -0.3 is 14.8 Å². The first-order valence-electron chi connectivity index (χ1n) is 7.91. The van der Waals surface area contributed by atoms with E-state index in [-0.39, 0.29) is 18.9 Å². The summed E-state index contributed by atoms with van der Waals surface area (Å²) in [6.07, 6.45) is 1.21. The number of fused-ring (bicyclic) bond motifs is 1. The van der Waals surface area contributed by atoms with E-state index in [1.807, 2.05) is 13.8 Å². The molecule has 0 bridgehead atoms. The molecular weight excluding hydrogens is 332 g/mol. The first-order valence-corrected chi connectivity index (χ1v) is 9.76. The summed E-state index contributed by atoms with van der Waals surface area (Å²) in [5.74, 6) is 1.28. The van der Waals surface area contributed by atoms with E-state index in [2.05, 4.69) is 5.32 Å². The van der Waals surface area contributed by atoms with Gasteiger partial charge in [-0.2, -0.15) is 0 Å². The Morgan fingerprint density at radius 2 is 1.92 bits per heavy atom. The summed E-state index contributed by atoms with van der Waals surface area (Å²) in [7, 11) is -3.51. The highest BCUT2D eigenvalue weighted by molar-refractivity contribution is 7.92. The summed E-state index contributed by atoms with van der Waals surface area (Å²) in [4.78, 5) is 11.9. The predicted molar refractivity (Wildman–Crippen MR) is 92.1 cm³/mol. The summed E-state index contributed by atoms with van der Waals surface area (Å²) in [5.41, 5.74) is 0.457. The van der Waals surface area contributed by atoms with Crippen molar-refractivity contribution in [2.45, 2.75) is 20.3 Å². The van der Waals surface area contributed by atoms with Gasteiger partial charge in [-0.15, -0.1) is 0 Å². The molecular formula is C16H24N2O5S. The number of rotatable bonds is 7. The van der Waals surface area contributed by atoms with Crippen LogP contribution in [0, 0.1) is 5.92 Å². The van der Waals surface area contributed by atoms with Crippen molar-refractivity contribution < 1.29 is 22.7 Å². The number of ether oxygens (including phenoxy) is 2. The molecule has 0 saturated carbocycles. The Morgan fingerprint density at radius 1 is 1.25 bits per heavy atom. The van der Waals surface area contributed by atoms with Crippen molar-refractivity contribution in [3.05, 3.63) is 18.2 Å². The summed E-state index contributed by atoms with van der Waals surface area (Å²) in [5, 5.41) is 2.79. The summed E-state index contributed by atoms with van der Waals surface area (Å²) in [6.45, 7) is 5.53. The lowest BCUT2D eigenvalue weighted by atomic mass is 10.2. The second kappa shape index (κ2) is 7.74. The van der Waals surface area contributed by atoms with Crippen molar-refractivity contribution in [1.29, 1.82) is 0 Å². The minimum atomic E-state index is -3.51. The number of benzene rings is 1. The van der Waals surface area contributed by atoms with E-state index in [4.69, 9.17) is 9.47 Å². The smallest absolute Gasteiger partial charge is 0.232 e. The molecule has 24 heavy (non-hydrogen) atoms. The maximum absolute atomic E-state index is 12.1. The van der Waals surface area contributed by atoms with Gasteiger partial charge in [0.2, 0.25) is 15.9 Å². The number of hydrogen-bond donors (Lipinski definition) is 1. The lowest BCUT2D eigenvalue weighted by Crippen LogP contribution is -2.35. The number of nitrogens with one attached hydrogen (secondary N) is 1.